The molecule has 3 rings (SSSR count). The number of halogens is 5. The van der Waals surface area contributed by atoms with Crippen LogP contribution in [-0.4, -0.2) is 23.2 Å². The van der Waals surface area contributed by atoms with E-state index in [4.69, 9.17) is 0 Å². The molecule has 1 aliphatic heterocycles. The first-order valence-corrected chi connectivity index (χ1v) is 8.15. The molecule has 0 amide bonds. The van der Waals surface area contributed by atoms with Crippen LogP contribution < -0.4 is 5.01 Å². The van der Waals surface area contributed by atoms with Crippen LogP contribution in [0.4, 0.5) is 27.6 Å². The topological polar surface area (TPSA) is 15.6 Å². The van der Waals surface area contributed by atoms with Gasteiger partial charge in [0.2, 0.25) is 0 Å². The van der Waals surface area contributed by atoms with Crippen LogP contribution in [0, 0.1) is 17.6 Å². The highest BCUT2D eigenvalue weighted by Crippen LogP contribution is 2.37. The highest BCUT2D eigenvalue weighted by atomic mass is 32.1. The van der Waals surface area contributed by atoms with Crippen LogP contribution in [0.3, 0.4) is 0 Å². The maximum atomic E-state index is 14.1. The Labute approximate surface area is 147 Å². The quantitative estimate of drug-likeness (QED) is 0.575. The van der Waals surface area contributed by atoms with E-state index >= 15 is 0 Å². The molecule has 0 bridgehead atoms. The summed E-state index contributed by atoms with van der Waals surface area (Å²) in [5, 5.41) is 4.54. The first-order chi connectivity index (χ1) is 11.7. The molecule has 0 saturated carbocycles. The van der Waals surface area contributed by atoms with E-state index in [1.165, 1.54) is 0 Å². The van der Waals surface area contributed by atoms with Gasteiger partial charge >= 0.3 is 6.18 Å². The van der Waals surface area contributed by atoms with Crippen molar-refractivity contribution in [3.8, 4) is 0 Å². The second kappa shape index (κ2) is 6.48. The average molecular weight is 374 g/mol. The number of thiol groups is 1. The molecule has 2 aliphatic rings. The van der Waals surface area contributed by atoms with Gasteiger partial charge in [-0.15, -0.1) is 0 Å². The molecule has 8 heteroatoms. The van der Waals surface area contributed by atoms with Crippen LogP contribution in [-0.2, 0) is 0 Å². The zero-order chi connectivity index (χ0) is 18.4. The van der Waals surface area contributed by atoms with Gasteiger partial charge < -0.3 is 0 Å². The molecule has 0 spiro atoms. The summed E-state index contributed by atoms with van der Waals surface area (Å²) in [5.41, 5.74) is -0.582. The molecule has 1 aromatic rings. The number of allylic oxidation sites excluding steroid dienone is 1. The summed E-state index contributed by atoms with van der Waals surface area (Å²) in [6.07, 6.45) is 0.270. The lowest BCUT2D eigenvalue weighted by molar-refractivity contribution is -0.0599. The number of anilines is 1. The lowest BCUT2D eigenvalue weighted by atomic mass is 9.91. The van der Waals surface area contributed by atoms with E-state index in [1.54, 1.807) is 12.2 Å². The maximum absolute atomic E-state index is 14.1. The smallest absolute Gasteiger partial charge is 0.254 e. The highest BCUT2D eigenvalue weighted by molar-refractivity contribution is 7.81. The summed E-state index contributed by atoms with van der Waals surface area (Å²) in [6, 6.07) is 1.91. The monoisotopic (exact) mass is 374 g/mol. The molecule has 1 heterocycles. The Kier molecular flexibility index (Phi) is 4.66. The van der Waals surface area contributed by atoms with Gasteiger partial charge in [-0.2, -0.15) is 30.9 Å². The molecule has 0 fully saturated rings. The fraction of sp³-hybridized carbons (Fsp3) is 0.353. The Bertz CT molecular complexity index is 769. The predicted octanol–water partition coefficient (Wildman–Crippen LogP) is 4.89. The molecule has 0 aromatic heterocycles. The maximum Gasteiger partial charge on any atom is 0.431 e. The second-order valence-corrected chi connectivity index (χ2v) is 6.68. The summed E-state index contributed by atoms with van der Waals surface area (Å²) in [5.74, 6) is -1.75. The van der Waals surface area contributed by atoms with Crippen LogP contribution >= 0.6 is 12.6 Å². The molecule has 2 nitrogen and oxygen atoms in total. The summed E-state index contributed by atoms with van der Waals surface area (Å²) < 4.78 is 66.7. The zero-order valence-corrected chi connectivity index (χ0v) is 14.0. The van der Waals surface area contributed by atoms with Gasteiger partial charge in [0.25, 0.3) is 0 Å². The number of hydrazone groups is 1. The average Bonchev–Trinajstić information content (AvgIpc) is 2.95. The lowest BCUT2D eigenvalue weighted by Crippen LogP contribution is -2.31. The fourth-order valence-electron chi connectivity index (χ4n) is 2.90. The highest BCUT2D eigenvalue weighted by Gasteiger charge is 2.44. The largest absolute Gasteiger partial charge is 0.431 e. The molecule has 1 aliphatic carbocycles. The van der Waals surface area contributed by atoms with Crippen LogP contribution in [0.2, 0.25) is 0 Å². The molecule has 3 atom stereocenters. The third-order valence-corrected chi connectivity index (χ3v) is 4.90. The Morgan fingerprint density at radius 2 is 1.96 bits per heavy atom. The number of benzene rings is 1. The number of rotatable bonds is 2. The summed E-state index contributed by atoms with van der Waals surface area (Å²) in [6.45, 7) is 1.89. The van der Waals surface area contributed by atoms with Crippen molar-refractivity contribution in [3.05, 3.63) is 53.6 Å². The van der Waals surface area contributed by atoms with Crippen molar-refractivity contribution in [1.29, 1.82) is 0 Å². The second-order valence-electron chi connectivity index (χ2n) is 6.08. The van der Waals surface area contributed by atoms with Gasteiger partial charge in [0.1, 0.15) is 11.5 Å². The van der Waals surface area contributed by atoms with Gasteiger partial charge in [0.15, 0.2) is 5.82 Å². The molecule has 1 aromatic carbocycles. The van der Waals surface area contributed by atoms with Crippen molar-refractivity contribution in [3.63, 3.8) is 0 Å². The molecule has 25 heavy (non-hydrogen) atoms. The van der Waals surface area contributed by atoms with Crippen LogP contribution in [0.25, 0.3) is 0 Å². The molecule has 0 radical (unpaired) electrons. The Morgan fingerprint density at radius 1 is 1.24 bits per heavy atom. The van der Waals surface area contributed by atoms with E-state index < -0.39 is 36.0 Å². The molecular formula is C17H15F5N2S. The van der Waals surface area contributed by atoms with Crippen molar-refractivity contribution < 1.29 is 22.0 Å². The zero-order valence-electron chi connectivity index (χ0n) is 13.1. The van der Waals surface area contributed by atoms with Crippen molar-refractivity contribution in [2.75, 3.05) is 5.01 Å². The van der Waals surface area contributed by atoms with Crippen molar-refractivity contribution in [1.82, 2.24) is 0 Å². The van der Waals surface area contributed by atoms with Crippen LogP contribution in [0.1, 0.15) is 13.3 Å². The standard InChI is InChI=1S/C17H15F5N2S/c1-9-6-10(2-5-15(9)25)14-8-16(17(20,21)22)23-24(14)13-4-3-11(18)7-12(13)19/h2-7,9,14-15,25H,8H2,1H3/t9?,14-,15?/m0/s1. The van der Waals surface area contributed by atoms with E-state index in [-0.39, 0.29) is 16.9 Å². The minimum Gasteiger partial charge on any atom is -0.254 e. The Hall–Kier alpha value is -1.83. The number of alkyl halides is 3. The molecule has 0 saturated heterocycles. The van der Waals surface area contributed by atoms with E-state index in [0.29, 0.717) is 11.6 Å². The van der Waals surface area contributed by atoms with Crippen molar-refractivity contribution in [2.24, 2.45) is 11.0 Å². The van der Waals surface area contributed by atoms with E-state index in [0.717, 1.165) is 17.1 Å². The minimum atomic E-state index is -4.61. The molecule has 134 valence electrons. The van der Waals surface area contributed by atoms with Crippen LogP contribution in [0.5, 0.6) is 0 Å². The van der Waals surface area contributed by atoms with E-state index in [1.807, 2.05) is 13.0 Å². The summed E-state index contributed by atoms with van der Waals surface area (Å²) in [4.78, 5) is 0. The van der Waals surface area contributed by atoms with Gasteiger partial charge in [0.05, 0.1) is 11.7 Å². The van der Waals surface area contributed by atoms with Crippen LogP contribution in [0.15, 0.2) is 47.1 Å². The molecule has 0 N–H and O–H groups in total. The van der Waals surface area contributed by atoms with Gasteiger partial charge in [-0.1, -0.05) is 25.2 Å². The Balaban J connectivity index is 2.02. The molecule has 2 unspecified atom stereocenters. The third kappa shape index (κ3) is 3.58. The Morgan fingerprint density at radius 3 is 2.56 bits per heavy atom. The lowest BCUT2D eigenvalue weighted by Gasteiger charge is -2.28. The normalized spacial score (nSPS) is 26.7. The summed E-state index contributed by atoms with van der Waals surface area (Å²) >= 11 is 4.37. The van der Waals surface area contributed by atoms with Gasteiger partial charge in [-0.25, -0.2) is 8.78 Å². The van der Waals surface area contributed by atoms with Gasteiger partial charge in [-0.3, -0.25) is 5.01 Å². The number of hydrogen-bond donors (Lipinski definition) is 1. The SMILES string of the molecule is CC1C=C([C@@H]2CC(C(F)(F)F)=NN2c2ccc(F)cc2F)C=CC1S. The predicted molar refractivity (Wildman–Crippen MR) is 89.9 cm³/mol. The van der Waals surface area contributed by atoms with E-state index in [2.05, 4.69) is 17.7 Å². The number of hydrogen-bond acceptors (Lipinski definition) is 3. The number of nitrogens with zero attached hydrogens (tertiary/aromatic N) is 2. The summed E-state index contributed by atoms with van der Waals surface area (Å²) in [7, 11) is 0. The first-order valence-electron chi connectivity index (χ1n) is 7.64. The fourth-order valence-corrected chi connectivity index (χ4v) is 3.07. The minimum absolute atomic E-state index is 0.0122. The first kappa shape index (κ1) is 18.0. The van der Waals surface area contributed by atoms with Crippen molar-refractivity contribution in [2.45, 2.75) is 30.8 Å². The van der Waals surface area contributed by atoms with E-state index in [9.17, 15) is 22.0 Å². The molecular weight excluding hydrogens is 359 g/mol. The van der Waals surface area contributed by atoms with Crippen molar-refractivity contribution >= 4 is 24.0 Å². The third-order valence-electron chi connectivity index (χ3n) is 4.26. The van der Waals surface area contributed by atoms with Gasteiger partial charge in [0, 0.05) is 17.7 Å². The van der Waals surface area contributed by atoms with Gasteiger partial charge in [-0.05, 0) is 23.6 Å².